The maximum absolute atomic E-state index is 14.9. The monoisotopic (exact) mass is 484 g/mol. The molecule has 4 heterocycles. The number of nitrogens with one attached hydrogen (secondary N) is 1. The van der Waals surface area contributed by atoms with Crippen LogP contribution in [0.4, 0.5) is 24.7 Å². The van der Waals surface area contributed by atoms with Gasteiger partial charge in [0.2, 0.25) is 5.91 Å². The van der Waals surface area contributed by atoms with E-state index in [-0.39, 0.29) is 17.5 Å². The highest BCUT2D eigenvalue weighted by Gasteiger charge is 2.36. The summed E-state index contributed by atoms with van der Waals surface area (Å²) in [7, 11) is 0. The molecule has 0 saturated carbocycles. The molecule has 0 aliphatic carbocycles. The largest absolute Gasteiger partial charge is 0.366 e. The third kappa shape index (κ3) is 4.26. The van der Waals surface area contributed by atoms with Crippen molar-refractivity contribution < 1.29 is 18.0 Å². The lowest BCUT2D eigenvalue weighted by molar-refractivity contribution is -0.129. The van der Waals surface area contributed by atoms with Gasteiger partial charge in [0.1, 0.15) is 5.82 Å². The van der Waals surface area contributed by atoms with E-state index in [1.54, 1.807) is 13.1 Å². The van der Waals surface area contributed by atoms with Crippen LogP contribution < -0.4 is 10.2 Å². The van der Waals surface area contributed by atoms with Crippen LogP contribution in [-0.4, -0.2) is 51.7 Å². The number of benzene rings is 1. The van der Waals surface area contributed by atoms with Crippen LogP contribution in [0.2, 0.25) is 0 Å². The Morgan fingerprint density at radius 2 is 2.03 bits per heavy atom. The number of alkyl halides is 2. The highest BCUT2D eigenvalue weighted by atomic mass is 19.3. The summed E-state index contributed by atoms with van der Waals surface area (Å²) in [5.41, 5.74) is 1.68. The van der Waals surface area contributed by atoms with E-state index < -0.39 is 23.3 Å². The summed E-state index contributed by atoms with van der Waals surface area (Å²) in [6.45, 7) is 6.30. The normalized spacial score (nSPS) is 19.3. The smallest absolute Gasteiger partial charge is 0.273 e. The molecule has 35 heavy (non-hydrogen) atoms. The summed E-state index contributed by atoms with van der Waals surface area (Å²) in [4.78, 5) is 20.8. The zero-order valence-corrected chi connectivity index (χ0v) is 19.9. The van der Waals surface area contributed by atoms with Crippen LogP contribution in [0.15, 0.2) is 30.5 Å². The highest BCUT2D eigenvalue weighted by Crippen LogP contribution is 2.34. The maximum atomic E-state index is 14.9. The molecule has 2 atom stereocenters. The number of piperazine rings is 1. The number of anilines is 2. The van der Waals surface area contributed by atoms with E-state index in [4.69, 9.17) is 0 Å². The summed E-state index contributed by atoms with van der Waals surface area (Å²) in [6.07, 6.45) is 3.24. The van der Waals surface area contributed by atoms with Gasteiger partial charge in [-0.2, -0.15) is 5.10 Å². The number of carbonyl (C=O) groups excluding carboxylic acids is 1. The van der Waals surface area contributed by atoms with E-state index in [0.717, 1.165) is 24.7 Å². The van der Waals surface area contributed by atoms with Gasteiger partial charge in [-0.15, -0.1) is 5.10 Å². The Balaban J connectivity index is 1.46. The molecule has 2 aliphatic heterocycles. The zero-order chi connectivity index (χ0) is 24.9. The van der Waals surface area contributed by atoms with E-state index in [1.165, 1.54) is 12.1 Å². The van der Waals surface area contributed by atoms with Gasteiger partial charge in [-0.25, -0.2) is 13.2 Å². The number of hydrogen-bond acceptors (Lipinski definition) is 6. The summed E-state index contributed by atoms with van der Waals surface area (Å²) >= 11 is 0. The van der Waals surface area contributed by atoms with Gasteiger partial charge in [-0.3, -0.25) is 9.78 Å². The summed E-state index contributed by atoms with van der Waals surface area (Å²) in [5, 5.41) is 12.3. The van der Waals surface area contributed by atoms with E-state index in [0.29, 0.717) is 48.8 Å². The van der Waals surface area contributed by atoms with Crippen molar-refractivity contribution in [2.24, 2.45) is 0 Å². The van der Waals surface area contributed by atoms with Crippen LogP contribution in [0.1, 0.15) is 49.6 Å². The Morgan fingerprint density at radius 1 is 1.23 bits per heavy atom. The highest BCUT2D eigenvalue weighted by molar-refractivity contribution is 5.92. The molecular weight excluding hydrogens is 457 g/mol. The molecule has 3 aromatic rings. The fourth-order valence-corrected chi connectivity index (χ4v) is 5.03. The molecule has 1 N–H and O–H groups in total. The third-order valence-corrected chi connectivity index (χ3v) is 6.95. The number of carbonyl (C=O) groups is 1. The van der Waals surface area contributed by atoms with Crippen LogP contribution in [-0.2, 0) is 10.7 Å². The Kier molecular flexibility index (Phi) is 5.77. The molecule has 2 aromatic heterocycles. The number of aromatic nitrogens is 3. The molecular formula is C25H27F3N6O. The van der Waals surface area contributed by atoms with Crippen LogP contribution >= 0.6 is 0 Å². The third-order valence-electron chi connectivity index (χ3n) is 6.95. The summed E-state index contributed by atoms with van der Waals surface area (Å²) in [6, 6.07) is 5.54. The lowest BCUT2D eigenvalue weighted by Crippen LogP contribution is -2.51. The molecule has 5 rings (SSSR count). The van der Waals surface area contributed by atoms with Crippen molar-refractivity contribution in [1.82, 2.24) is 20.1 Å². The maximum Gasteiger partial charge on any atom is 0.273 e. The van der Waals surface area contributed by atoms with Crippen molar-refractivity contribution in [3.05, 3.63) is 53.1 Å². The van der Waals surface area contributed by atoms with Crippen molar-refractivity contribution in [2.75, 3.05) is 29.9 Å². The molecule has 1 aromatic carbocycles. The van der Waals surface area contributed by atoms with E-state index in [2.05, 4.69) is 25.4 Å². The lowest BCUT2D eigenvalue weighted by atomic mass is 10.0. The fourth-order valence-electron chi connectivity index (χ4n) is 5.03. The van der Waals surface area contributed by atoms with E-state index in [1.807, 2.05) is 17.9 Å². The minimum Gasteiger partial charge on any atom is -0.366 e. The zero-order valence-electron chi connectivity index (χ0n) is 19.9. The molecule has 0 bridgehead atoms. The average Bonchev–Trinajstić information content (AvgIpc) is 3.20. The van der Waals surface area contributed by atoms with Crippen molar-refractivity contribution in [3.63, 3.8) is 0 Å². The van der Waals surface area contributed by atoms with Gasteiger partial charge in [-0.1, -0.05) is 18.2 Å². The van der Waals surface area contributed by atoms with Gasteiger partial charge in [0.25, 0.3) is 5.92 Å². The SMILES string of the molecule is Cc1nnc(N[C@H](C)c2cccc(C(C)(F)F)c2F)c2cc(N3CCN4C(=O)CC[C@@H]4C3)cnc12. The first-order valence-corrected chi connectivity index (χ1v) is 11.7. The number of pyridine rings is 1. The fraction of sp³-hybridized carbons (Fsp3) is 0.440. The first-order chi connectivity index (χ1) is 16.6. The van der Waals surface area contributed by atoms with Gasteiger partial charge < -0.3 is 15.1 Å². The van der Waals surface area contributed by atoms with Crippen molar-refractivity contribution in [1.29, 1.82) is 0 Å². The first kappa shape index (κ1) is 23.3. The molecule has 10 heteroatoms. The molecule has 0 radical (unpaired) electrons. The average molecular weight is 485 g/mol. The quantitative estimate of drug-likeness (QED) is 0.572. The van der Waals surface area contributed by atoms with Gasteiger partial charge >= 0.3 is 0 Å². The first-order valence-electron chi connectivity index (χ1n) is 11.7. The van der Waals surface area contributed by atoms with Gasteiger partial charge in [0.15, 0.2) is 5.82 Å². The molecule has 7 nitrogen and oxygen atoms in total. The number of rotatable bonds is 5. The summed E-state index contributed by atoms with van der Waals surface area (Å²) in [5.74, 6) is -3.61. The van der Waals surface area contributed by atoms with Crippen LogP contribution in [0, 0.1) is 12.7 Å². The molecule has 2 aliphatic rings. The topological polar surface area (TPSA) is 74.2 Å². The minimum atomic E-state index is -3.29. The standard InChI is InChI=1S/C25H27F3N6O/c1-14(18-5-4-6-20(22(18)26)25(3,27)28)30-24-19-11-17(12-29-23(19)15(2)31-32-24)33-9-10-34-16(13-33)7-8-21(34)35/h4-6,11-12,14,16H,7-10,13H2,1-3H3,(H,30,32)/t14-,16-/m1/s1. The molecule has 184 valence electrons. The second kappa shape index (κ2) is 8.66. The molecule has 1 amide bonds. The molecule has 0 unspecified atom stereocenters. The second-order valence-corrected chi connectivity index (χ2v) is 9.41. The number of aryl methyl sites for hydroxylation is 1. The predicted molar refractivity (Wildman–Crippen MR) is 127 cm³/mol. The molecule has 2 fully saturated rings. The second-order valence-electron chi connectivity index (χ2n) is 9.41. The Labute approximate surface area is 201 Å². The lowest BCUT2D eigenvalue weighted by Gasteiger charge is -2.38. The number of nitrogens with zero attached hydrogens (tertiary/aromatic N) is 5. The number of halogens is 3. The van der Waals surface area contributed by atoms with Crippen molar-refractivity contribution in [3.8, 4) is 0 Å². The van der Waals surface area contributed by atoms with Gasteiger partial charge in [-0.05, 0) is 26.3 Å². The Hall–Kier alpha value is -3.43. The van der Waals surface area contributed by atoms with E-state index >= 15 is 0 Å². The Morgan fingerprint density at radius 3 is 2.80 bits per heavy atom. The van der Waals surface area contributed by atoms with E-state index in [9.17, 15) is 18.0 Å². The van der Waals surface area contributed by atoms with Gasteiger partial charge in [0.05, 0.1) is 34.7 Å². The van der Waals surface area contributed by atoms with Crippen LogP contribution in [0.5, 0.6) is 0 Å². The Bertz CT molecular complexity index is 1290. The number of amides is 1. The summed E-state index contributed by atoms with van der Waals surface area (Å²) < 4.78 is 42.6. The van der Waals surface area contributed by atoms with Gasteiger partial charge in [0, 0.05) is 50.0 Å². The number of hydrogen-bond donors (Lipinski definition) is 1. The van der Waals surface area contributed by atoms with Crippen molar-refractivity contribution in [2.45, 2.75) is 51.6 Å². The van der Waals surface area contributed by atoms with Crippen molar-refractivity contribution >= 4 is 28.3 Å². The minimum absolute atomic E-state index is 0.116. The van der Waals surface area contributed by atoms with Crippen LogP contribution in [0.3, 0.4) is 0 Å². The molecule has 0 spiro atoms. The van der Waals surface area contributed by atoms with Crippen LogP contribution in [0.25, 0.3) is 10.9 Å². The number of fused-ring (bicyclic) bond motifs is 2. The molecule has 2 saturated heterocycles. The predicted octanol–water partition coefficient (Wildman–Crippen LogP) is 4.57.